The maximum Gasteiger partial charge on any atom is 0.306 e. The van der Waals surface area contributed by atoms with E-state index in [1.165, 1.54) is 25.7 Å². The lowest BCUT2D eigenvalue weighted by molar-refractivity contribution is -0.143. The standard InChI is InChI=1S/C18H28O3/c1-3-4-5-6-7-8-15-21-18(19)14-11-16-9-12-17(20-2)13-10-16/h9-10,12-13H,3-8,11,14-15H2,1-2H3. The van der Waals surface area contributed by atoms with Gasteiger partial charge in [-0.15, -0.1) is 0 Å². The van der Waals surface area contributed by atoms with E-state index in [-0.39, 0.29) is 5.97 Å². The minimum Gasteiger partial charge on any atom is -0.497 e. The lowest BCUT2D eigenvalue weighted by Crippen LogP contribution is -2.07. The average molecular weight is 292 g/mol. The number of hydrogen-bond donors (Lipinski definition) is 0. The molecule has 0 aromatic heterocycles. The first-order valence-electron chi connectivity index (χ1n) is 8.04. The zero-order valence-electron chi connectivity index (χ0n) is 13.4. The number of methoxy groups -OCH3 is 1. The highest BCUT2D eigenvalue weighted by molar-refractivity contribution is 5.69. The maximum absolute atomic E-state index is 11.6. The first-order valence-corrected chi connectivity index (χ1v) is 8.04. The van der Waals surface area contributed by atoms with Gasteiger partial charge < -0.3 is 9.47 Å². The predicted molar refractivity (Wildman–Crippen MR) is 85.7 cm³/mol. The van der Waals surface area contributed by atoms with Crippen LogP contribution in [-0.2, 0) is 16.0 Å². The summed E-state index contributed by atoms with van der Waals surface area (Å²) in [6, 6.07) is 7.80. The molecular weight excluding hydrogens is 264 g/mol. The predicted octanol–water partition coefficient (Wildman–Crippen LogP) is 4.53. The van der Waals surface area contributed by atoms with Gasteiger partial charge in [0.05, 0.1) is 13.7 Å². The molecule has 0 unspecified atom stereocenters. The molecule has 118 valence electrons. The maximum atomic E-state index is 11.6. The molecule has 0 atom stereocenters. The lowest BCUT2D eigenvalue weighted by atomic mass is 10.1. The molecule has 3 heteroatoms. The quantitative estimate of drug-likeness (QED) is 0.444. The van der Waals surface area contributed by atoms with Gasteiger partial charge in [-0.2, -0.15) is 0 Å². The van der Waals surface area contributed by atoms with Crippen LogP contribution in [0.5, 0.6) is 5.75 Å². The number of benzene rings is 1. The highest BCUT2D eigenvalue weighted by Gasteiger charge is 2.04. The van der Waals surface area contributed by atoms with E-state index in [4.69, 9.17) is 9.47 Å². The van der Waals surface area contributed by atoms with Crippen molar-refractivity contribution < 1.29 is 14.3 Å². The average Bonchev–Trinajstić information content (AvgIpc) is 2.52. The summed E-state index contributed by atoms with van der Waals surface area (Å²) in [7, 11) is 1.65. The van der Waals surface area contributed by atoms with Crippen LogP contribution in [0.15, 0.2) is 24.3 Å². The molecule has 1 aromatic rings. The Bertz CT molecular complexity index is 384. The van der Waals surface area contributed by atoms with Crippen molar-refractivity contribution in [1.29, 1.82) is 0 Å². The van der Waals surface area contributed by atoms with Crippen LogP contribution in [0.2, 0.25) is 0 Å². The summed E-state index contributed by atoms with van der Waals surface area (Å²) in [6.45, 7) is 2.78. The fraction of sp³-hybridized carbons (Fsp3) is 0.611. The second-order valence-corrected chi connectivity index (χ2v) is 5.34. The van der Waals surface area contributed by atoms with E-state index >= 15 is 0 Å². The number of rotatable bonds is 11. The van der Waals surface area contributed by atoms with Gasteiger partial charge in [0.15, 0.2) is 0 Å². The number of unbranched alkanes of at least 4 members (excludes halogenated alkanes) is 5. The van der Waals surface area contributed by atoms with E-state index < -0.39 is 0 Å². The summed E-state index contributed by atoms with van der Waals surface area (Å²) in [5.74, 6) is 0.740. The monoisotopic (exact) mass is 292 g/mol. The first-order chi connectivity index (χ1) is 10.3. The number of carbonyl (C=O) groups excluding carboxylic acids is 1. The van der Waals surface area contributed by atoms with E-state index in [2.05, 4.69) is 6.92 Å². The van der Waals surface area contributed by atoms with Gasteiger partial charge in [0, 0.05) is 6.42 Å². The van der Waals surface area contributed by atoms with Gasteiger partial charge in [0.2, 0.25) is 0 Å². The van der Waals surface area contributed by atoms with Crippen LogP contribution in [0.4, 0.5) is 0 Å². The van der Waals surface area contributed by atoms with Gasteiger partial charge in [-0.05, 0) is 30.5 Å². The molecule has 1 aromatic carbocycles. The summed E-state index contributed by atoms with van der Waals surface area (Å²) < 4.78 is 10.4. The third kappa shape index (κ3) is 8.38. The first kappa shape index (κ1) is 17.5. The number of hydrogen-bond acceptors (Lipinski definition) is 3. The fourth-order valence-corrected chi connectivity index (χ4v) is 2.18. The Morgan fingerprint density at radius 1 is 1.00 bits per heavy atom. The number of aryl methyl sites for hydroxylation is 1. The largest absolute Gasteiger partial charge is 0.497 e. The van der Waals surface area contributed by atoms with Gasteiger partial charge in [0.25, 0.3) is 0 Å². The topological polar surface area (TPSA) is 35.5 Å². The minimum absolute atomic E-state index is 0.0978. The third-order valence-corrected chi connectivity index (χ3v) is 3.54. The molecule has 0 radical (unpaired) electrons. The smallest absolute Gasteiger partial charge is 0.306 e. The van der Waals surface area contributed by atoms with E-state index in [0.717, 1.165) is 30.6 Å². The molecule has 0 aliphatic heterocycles. The Kier molecular flexibility index (Phi) is 9.34. The zero-order chi connectivity index (χ0) is 15.3. The molecule has 0 aliphatic rings. The van der Waals surface area contributed by atoms with Crippen molar-refractivity contribution in [2.24, 2.45) is 0 Å². The highest BCUT2D eigenvalue weighted by Crippen LogP contribution is 2.13. The molecule has 0 bridgehead atoms. The van der Waals surface area contributed by atoms with Crippen molar-refractivity contribution in [3.63, 3.8) is 0 Å². The van der Waals surface area contributed by atoms with Crippen molar-refractivity contribution in [3.8, 4) is 5.75 Å². The van der Waals surface area contributed by atoms with Crippen LogP contribution < -0.4 is 4.74 Å². The van der Waals surface area contributed by atoms with E-state index in [1.807, 2.05) is 24.3 Å². The molecule has 0 saturated carbocycles. The van der Waals surface area contributed by atoms with Gasteiger partial charge in [-0.3, -0.25) is 4.79 Å². The molecule has 0 spiro atoms. The van der Waals surface area contributed by atoms with Crippen LogP contribution in [0, 0.1) is 0 Å². The lowest BCUT2D eigenvalue weighted by Gasteiger charge is -2.06. The zero-order valence-corrected chi connectivity index (χ0v) is 13.4. The van der Waals surface area contributed by atoms with Crippen molar-refractivity contribution in [2.75, 3.05) is 13.7 Å². The van der Waals surface area contributed by atoms with E-state index in [9.17, 15) is 4.79 Å². The van der Waals surface area contributed by atoms with Gasteiger partial charge in [0.1, 0.15) is 5.75 Å². The Labute approximate surface area is 128 Å². The number of carbonyl (C=O) groups is 1. The van der Waals surface area contributed by atoms with Gasteiger partial charge in [-0.25, -0.2) is 0 Å². The van der Waals surface area contributed by atoms with Crippen molar-refractivity contribution in [2.45, 2.75) is 58.3 Å². The molecular formula is C18H28O3. The van der Waals surface area contributed by atoms with Crippen LogP contribution in [-0.4, -0.2) is 19.7 Å². The van der Waals surface area contributed by atoms with Crippen LogP contribution in [0.1, 0.15) is 57.4 Å². The summed E-state index contributed by atoms with van der Waals surface area (Å²) in [5.41, 5.74) is 1.13. The third-order valence-electron chi connectivity index (χ3n) is 3.54. The molecule has 0 saturated heterocycles. The fourth-order valence-electron chi connectivity index (χ4n) is 2.18. The number of esters is 1. The second-order valence-electron chi connectivity index (χ2n) is 5.34. The van der Waals surface area contributed by atoms with E-state index in [1.54, 1.807) is 7.11 Å². The molecule has 3 nitrogen and oxygen atoms in total. The van der Waals surface area contributed by atoms with Crippen molar-refractivity contribution in [3.05, 3.63) is 29.8 Å². The van der Waals surface area contributed by atoms with Gasteiger partial charge in [-0.1, -0.05) is 51.2 Å². The molecule has 0 N–H and O–H groups in total. The van der Waals surface area contributed by atoms with Crippen molar-refractivity contribution >= 4 is 5.97 Å². The second kappa shape index (κ2) is 11.2. The summed E-state index contributed by atoms with van der Waals surface area (Å²) in [5, 5.41) is 0. The molecule has 1 rings (SSSR count). The normalized spacial score (nSPS) is 10.4. The Morgan fingerprint density at radius 2 is 1.67 bits per heavy atom. The Morgan fingerprint density at radius 3 is 2.33 bits per heavy atom. The molecule has 0 heterocycles. The molecule has 21 heavy (non-hydrogen) atoms. The summed E-state index contributed by atoms with van der Waals surface area (Å²) in [6.07, 6.45) is 8.42. The highest BCUT2D eigenvalue weighted by atomic mass is 16.5. The SMILES string of the molecule is CCCCCCCCOC(=O)CCc1ccc(OC)cc1. The summed E-state index contributed by atoms with van der Waals surface area (Å²) >= 11 is 0. The van der Waals surface area contributed by atoms with Crippen LogP contribution in [0.25, 0.3) is 0 Å². The van der Waals surface area contributed by atoms with Crippen molar-refractivity contribution in [1.82, 2.24) is 0 Å². The van der Waals surface area contributed by atoms with Gasteiger partial charge >= 0.3 is 5.97 Å². The molecule has 0 fully saturated rings. The van der Waals surface area contributed by atoms with Crippen LogP contribution in [0.3, 0.4) is 0 Å². The Balaban J connectivity index is 2.05. The van der Waals surface area contributed by atoms with E-state index in [0.29, 0.717) is 13.0 Å². The molecule has 0 amide bonds. The Hall–Kier alpha value is -1.51. The molecule has 0 aliphatic carbocycles. The minimum atomic E-state index is -0.0978. The van der Waals surface area contributed by atoms with Crippen LogP contribution >= 0.6 is 0 Å². The summed E-state index contributed by atoms with van der Waals surface area (Å²) in [4.78, 5) is 11.6. The number of ether oxygens (including phenoxy) is 2.